The van der Waals surface area contributed by atoms with Crippen molar-refractivity contribution >= 4 is 5.91 Å². The van der Waals surface area contributed by atoms with Crippen LogP contribution < -0.4 is 5.73 Å². The number of hydrogen-bond donors (Lipinski definition) is 1. The first-order valence-electron chi connectivity index (χ1n) is 7.63. The van der Waals surface area contributed by atoms with E-state index in [0.717, 1.165) is 25.9 Å². The second-order valence-corrected chi connectivity index (χ2v) is 6.55. The average molecular weight is 268 g/mol. The van der Waals surface area contributed by atoms with Gasteiger partial charge in [0.25, 0.3) is 0 Å². The van der Waals surface area contributed by atoms with E-state index < -0.39 is 5.54 Å². The number of hydrogen-bond acceptors (Lipinski definition) is 3. The van der Waals surface area contributed by atoms with Crippen LogP contribution >= 0.6 is 0 Å². The fourth-order valence-corrected chi connectivity index (χ4v) is 3.35. The zero-order chi connectivity index (χ0) is 14.1. The third-order valence-electron chi connectivity index (χ3n) is 5.10. The molecule has 0 radical (unpaired) electrons. The van der Waals surface area contributed by atoms with Crippen LogP contribution in [-0.4, -0.2) is 42.1 Å². The highest BCUT2D eigenvalue weighted by atomic mass is 16.5. The lowest BCUT2D eigenvalue weighted by atomic mass is 9.54. The molecule has 2 fully saturated rings. The van der Waals surface area contributed by atoms with Crippen LogP contribution in [0.5, 0.6) is 0 Å². The molecule has 0 aromatic rings. The molecule has 1 saturated carbocycles. The number of nitrogens with two attached hydrogens (primary N) is 1. The Hall–Kier alpha value is -0.610. The minimum atomic E-state index is -0.739. The van der Waals surface area contributed by atoms with Gasteiger partial charge < -0.3 is 15.4 Å². The van der Waals surface area contributed by atoms with Crippen molar-refractivity contribution in [3.05, 3.63) is 0 Å². The fourth-order valence-electron chi connectivity index (χ4n) is 3.35. The van der Waals surface area contributed by atoms with Crippen molar-refractivity contribution in [2.75, 3.05) is 19.7 Å². The van der Waals surface area contributed by atoms with E-state index in [-0.39, 0.29) is 17.4 Å². The predicted octanol–water partition coefficient (Wildman–Crippen LogP) is 1.92. The Bertz CT molecular complexity index is 335. The van der Waals surface area contributed by atoms with Crippen LogP contribution in [0.3, 0.4) is 0 Å². The second-order valence-electron chi connectivity index (χ2n) is 6.55. The lowest BCUT2D eigenvalue weighted by Crippen LogP contribution is -2.76. The van der Waals surface area contributed by atoms with Gasteiger partial charge >= 0.3 is 0 Å². The summed E-state index contributed by atoms with van der Waals surface area (Å²) in [4.78, 5) is 14.7. The zero-order valence-electron chi connectivity index (χ0n) is 12.6. The van der Waals surface area contributed by atoms with Gasteiger partial charge in [-0.3, -0.25) is 4.79 Å². The largest absolute Gasteiger partial charge is 0.378 e. The molecule has 1 saturated heterocycles. The van der Waals surface area contributed by atoms with E-state index in [1.165, 1.54) is 12.8 Å². The lowest BCUT2D eigenvalue weighted by Gasteiger charge is -2.58. The molecule has 4 heteroatoms. The van der Waals surface area contributed by atoms with Gasteiger partial charge in [-0.15, -0.1) is 0 Å². The van der Waals surface area contributed by atoms with Crippen molar-refractivity contribution in [2.45, 2.75) is 64.5 Å². The molecule has 1 amide bonds. The maximum absolute atomic E-state index is 12.8. The number of nitrogens with zero attached hydrogens (tertiary/aromatic N) is 1. The van der Waals surface area contributed by atoms with E-state index in [4.69, 9.17) is 10.5 Å². The summed E-state index contributed by atoms with van der Waals surface area (Å²) < 4.78 is 5.70. The Labute approximate surface area is 116 Å². The summed E-state index contributed by atoms with van der Waals surface area (Å²) in [6.45, 7) is 8.53. The van der Waals surface area contributed by atoms with Gasteiger partial charge in [0.05, 0.1) is 6.10 Å². The summed E-state index contributed by atoms with van der Waals surface area (Å²) in [5, 5.41) is 0. The molecule has 19 heavy (non-hydrogen) atoms. The first-order chi connectivity index (χ1) is 8.93. The van der Waals surface area contributed by atoms with Crippen LogP contribution in [0.15, 0.2) is 0 Å². The summed E-state index contributed by atoms with van der Waals surface area (Å²) in [5.41, 5.74) is 5.45. The van der Waals surface area contributed by atoms with Crippen LogP contribution in [0, 0.1) is 5.41 Å². The number of rotatable bonds is 3. The molecule has 0 aromatic heterocycles. The highest BCUT2D eigenvalue weighted by Gasteiger charge is 2.63. The van der Waals surface area contributed by atoms with Gasteiger partial charge in [0.2, 0.25) is 5.91 Å². The quantitative estimate of drug-likeness (QED) is 0.851. The van der Waals surface area contributed by atoms with Gasteiger partial charge in [0.15, 0.2) is 0 Å². The molecule has 2 aliphatic rings. The van der Waals surface area contributed by atoms with Crippen molar-refractivity contribution in [2.24, 2.45) is 11.1 Å². The Balaban J connectivity index is 2.06. The van der Waals surface area contributed by atoms with Crippen LogP contribution in [0.25, 0.3) is 0 Å². The Morgan fingerprint density at radius 1 is 1.26 bits per heavy atom. The van der Waals surface area contributed by atoms with E-state index in [0.29, 0.717) is 13.0 Å². The Kier molecular flexibility index (Phi) is 4.21. The number of amides is 1. The first kappa shape index (κ1) is 14.8. The molecule has 1 heterocycles. The summed E-state index contributed by atoms with van der Waals surface area (Å²) in [5.74, 6) is 0.135. The maximum Gasteiger partial charge on any atom is 0.243 e. The molecule has 2 N–H and O–H groups in total. The highest BCUT2D eigenvalue weighted by molar-refractivity contribution is 5.89. The molecule has 2 rings (SSSR count). The SMILES string of the molecule is CCOC1CC(N)(C(=O)N2CCCCCC2)C1(C)C. The van der Waals surface area contributed by atoms with Crippen molar-refractivity contribution in [3.63, 3.8) is 0 Å². The molecule has 0 spiro atoms. The van der Waals surface area contributed by atoms with Crippen LogP contribution in [0.1, 0.15) is 52.9 Å². The second kappa shape index (κ2) is 5.41. The van der Waals surface area contributed by atoms with Gasteiger partial charge in [-0.1, -0.05) is 26.7 Å². The average Bonchev–Trinajstić information content (AvgIpc) is 2.66. The molecule has 0 aromatic carbocycles. The first-order valence-corrected chi connectivity index (χ1v) is 7.63. The van der Waals surface area contributed by atoms with Gasteiger partial charge in [-0.25, -0.2) is 0 Å². The molecule has 2 atom stereocenters. The van der Waals surface area contributed by atoms with Crippen molar-refractivity contribution < 1.29 is 9.53 Å². The molecule has 1 aliphatic carbocycles. The number of carbonyl (C=O) groups is 1. The molecule has 110 valence electrons. The van der Waals surface area contributed by atoms with Crippen molar-refractivity contribution in [1.29, 1.82) is 0 Å². The van der Waals surface area contributed by atoms with Gasteiger partial charge in [0, 0.05) is 31.5 Å². The summed E-state index contributed by atoms with van der Waals surface area (Å²) in [7, 11) is 0. The van der Waals surface area contributed by atoms with Gasteiger partial charge in [0.1, 0.15) is 5.54 Å². The topological polar surface area (TPSA) is 55.6 Å². The van der Waals surface area contributed by atoms with E-state index in [1.54, 1.807) is 0 Å². The molecular formula is C15H28N2O2. The van der Waals surface area contributed by atoms with Crippen LogP contribution in [-0.2, 0) is 9.53 Å². The molecule has 4 nitrogen and oxygen atoms in total. The van der Waals surface area contributed by atoms with Crippen LogP contribution in [0.4, 0.5) is 0 Å². The number of ether oxygens (including phenoxy) is 1. The maximum atomic E-state index is 12.8. The molecular weight excluding hydrogens is 240 g/mol. The summed E-state index contributed by atoms with van der Waals surface area (Å²) in [6, 6.07) is 0. The third kappa shape index (κ3) is 2.40. The Morgan fingerprint density at radius 2 is 1.84 bits per heavy atom. The molecule has 1 aliphatic heterocycles. The molecule has 0 bridgehead atoms. The fraction of sp³-hybridized carbons (Fsp3) is 0.933. The van der Waals surface area contributed by atoms with Gasteiger partial charge in [-0.05, 0) is 19.8 Å². The standard InChI is InChI=1S/C15H28N2O2/c1-4-19-12-11-15(16,14(12,2)3)13(18)17-9-7-5-6-8-10-17/h12H,4-11,16H2,1-3H3. The van der Waals surface area contributed by atoms with E-state index in [2.05, 4.69) is 13.8 Å². The minimum Gasteiger partial charge on any atom is -0.378 e. The number of carbonyl (C=O) groups excluding carboxylic acids is 1. The lowest BCUT2D eigenvalue weighted by molar-refractivity contribution is -0.179. The van der Waals surface area contributed by atoms with E-state index >= 15 is 0 Å². The third-order valence-corrected chi connectivity index (χ3v) is 5.10. The smallest absolute Gasteiger partial charge is 0.243 e. The Morgan fingerprint density at radius 3 is 2.32 bits per heavy atom. The van der Waals surface area contributed by atoms with E-state index in [9.17, 15) is 4.79 Å². The monoisotopic (exact) mass is 268 g/mol. The summed E-state index contributed by atoms with van der Waals surface area (Å²) >= 11 is 0. The predicted molar refractivity (Wildman–Crippen MR) is 75.8 cm³/mol. The minimum absolute atomic E-state index is 0.110. The van der Waals surface area contributed by atoms with Crippen molar-refractivity contribution in [3.8, 4) is 0 Å². The van der Waals surface area contributed by atoms with Gasteiger partial charge in [-0.2, -0.15) is 0 Å². The van der Waals surface area contributed by atoms with Crippen molar-refractivity contribution in [1.82, 2.24) is 4.90 Å². The summed E-state index contributed by atoms with van der Waals surface area (Å²) in [6.07, 6.45) is 5.44. The zero-order valence-corrected chi connectivity index (χ0v) is 12.6. The molecule has 2 unspecified atom stereocenters. The highest BCUT2D eigenvalue weighted by Crippen LogP contribution is 2.50. The van der Waals surface area contributed by atoms with E-state index in [1.807, 2.05) is 11.8 Å². The van der Waals surface area contributed by atoms with Crippen LogP contribution in [0.2, 0.25) is 0 Å². The normalized spacial score (nSPS) is 34.5. The number of likely N-dealkylation sites (tertiary alicyclic amines) is 1.